The molecular formula is C35H32Cl2F3N9O2S. The lowest BCUT2D eigenvalue weighted by molar-refractivity contribution is 0.107. The number of benzene rings is 2. The molecule has 0 radical (unpaired) electrons. The van der Waals surface area contributed by atoms with Crippen LogP contribution in [0.2, 0.25) is 10.3 Å². The largest absolute Gasteiger partial charge is 0.461 e. The second-order valence-electron chi connectivity index (χ2n) is 13.6. The molecule has 8 rings (SSSR count). The molecule has 1 amide bonds. The number of nitriles is 1. The lowest BCUT2D eigenvalue weighted by Crippen LogP contribution is -2.45. The smallest absolute Gasteiger partial charge is 0.330 e. The summed E-state index contributed by atoms with van der Waals surface area (Å²) in [5.41, 5.74) is 5.55. The van der Waals surface area contributed by atoms with Gasteiger partial charge in [0.25, 0.3) is 0 Å². The predicted octanol–water partition coefficient (Wildman–Crippen LogP) is 7.27. The Morgan fingerprint density at radius 2 is 2.08 bits per heavy atom. The third kappa shape index (κ3) is 5.41. The number of imidazole rings is 1. The Bertz CT molecular complexity index is 2310. The first-order valence-electron chi connectivity index (χ1n) is 16.8. The zero-order chi connectivity index (χ0) is 36.6. The number of carbonyl (C=O) groups excluding carboxylic acids is 1. The molecule has 2 N–H and O–H groups in total. The van der Waals surface area contributed by atoms with Crippen LogP contribution in [0.4, 0.5) is 28.8 Å². The number of anilines is 2. The van der Waals surface area contributed by atoms with Crippen LogP contribution in [0, 0.1) is 23.0 Å². The molecule has 270 valence electrons. The first kappa shape index (κ1) is 34.7. The molecule has 0 saturated carbocycles. The highest BCUT2D eigenvalue weighted by Gasteiger charge is 2.49. The molecule has 11 nitrogen and oxygen atoms in total. The number of nitrogens with zero attached hydrogens (tertiary/aromatic N) is 8. The maximum atomic E-state index is 17.1. The normalized spacial score (nSPS) is 23.1. The summed E-state index contributed by atoms with van der Waals surface area (Å²) in [4.78, 5) is 32.3. The number of likely N-dealkylation sites (N-methyl/N-ethyl adjacent to an activating group) is 1. The highest BCUT2D eigenvalue weighted by Crippen LogP contribution is 2.46. The summed E-state index contributed by atoms with van der Waals surface area (Å²) in [6.07, 6.45) is 4.48. The van der Waals surface area contributed by atoms with Crippen LogP contribution in [0.3, 0.4) is 0 Å². The van der Waals surface area contributed by atoms with Crippen LogP contribution < -0.4 is 15.4 Å². The summed E-state index contributed by atoms with van der Waals surface area (Å²) in [7, 11) is 1.80. The Morgan fingerprint density at radius 3 is 2.83 bits per heavy atom. The minimum atomic E-state index is -0.978. The lowest BCUT2D eigenvalue weighted by atomic mass is 9.95. The Hall–Kier alpha value is -4.36. The lowest BCUT2D eigenvalue weighted by Gasteiger charge is -2.33. The predicted molar refractivity (Wildman–Crippen MR) is 194 cm³/mol. The third-order valence-electron chi connectivity index (χ3n) is 10.9. The van der Waals surface area contributed by atoms with Crippen LogP contribution in [0.1, 0.15) is 38.2 Å². The minimum absolute atomic E-state index is 0.0200. The van der Waals surface area contributed by atoms with Gasteiger partial charge in [-0.1, -0.05) is 17.7 Å². The van der Waals surface area contributed by atoms with E-state index in [0.717, 1.165) is 30.7 Å². The number of carbonyl (C=O) groups is 1. The number of nitrogen functional groups attached to an aromatic ring is 1. The SMILES string of the molecule is C[C@@H]1[C@H](N(C)c2nc(OC[C@@]34CCCN3C[C@H](F)C4)nc3c(F)c(-c4ccc(F)c5sc(N)c(C#N)c45)c(Cl)cc23)CCN1C(=O)n1ccnc1Cl. The van der Waals surface area contributed by atoms with Crippen LogP contribution >= 0.6 is 34.5 Å². The van der Waals surface area contributed by atoms with Crippen LogP contribution in [0.5, 0.6) is 6.01 Å². The van der Waals surface area contributed by atoms with E-state index in [2.05, 4.69) is 14.9 Å². The van der Waals surface area contributed by atoms with Crippen molar-refractivity contribution >= 4 is 72.4 Å². The van der Waals surface area contributed by atoms with Crippen molar-refractivity contribution in [2.45, 2.75) is 56.4 Å². The van der Waals surface area contributed by atoms with Gasteiger partial charge in [0.15, 0.2) is 5.82 Å². The molecule has 0 bridgehead atoms. The van der Waals surface area contributed by atoms with E-state index in [4.69, 9.17) is 38.7 Å². The van der Waals surface area contributed by atoms with Gasteiger partial charge in [0.1, 0.15) is 41.0 Å². The van der Waals surface area contributed by atoms with Gasteiger partial charge in [-0.15, -0.1) is 11.3 Å². The first-order valence-corrected chi connectivity index (χ1v) is 18.3. The number of amides is 1. The number of rotatable bonds is 6. The van der Waals surface area contributed by atoms with E-state index < -0.39 is 23.3 Å². The van der Waals surface area contributed by atoms with Crippen molar-refractivity contribution in [2.24, 2.45) is 0 Å². The quantitative estimate of drug-likeness (QED) is 0.190. The molecule has 0 aliphatic carbocycles. The van der Waals surface area contributed by atoms with Crippen molar-refractivity contribution in [2.75, 3.05) is 43.9 Å². The number of fused-ring (bicyclic) bond motifs is 3. The van der Waals surface area contributed by atoms with E-state index in [0.29, 0.717) is 31.7 Å². The van der Waals surface area contributed by atoms with E-state index in [1.807, 2.05) is 17.9 Å². The Labute approximate surface area is 310 Å². The second kappa shape index (κ2) is 12.9. The number of nitrogens with two attached hydrogens (primary N) is 1. The maximum absolute atomic E-state index is 17.1. The fraction of sp³-hybridized carbons (Fsp3) is 0.400. The molecule has 0 spiro atoms. The molecule has 5 aromatic rings. The van der Waals surface area contributed by atoms with Crippen LogP contribution in [-0.4, -0.2) is 92.4 Å². The number of likely N-dealkylation sites (tertiary alicyclic amines) is 1. The first-order chi connectivity index (χ1) is 24.9. The Morgan fingerprint density at radius 1 is 1.27 bits per heavy atom. The number of hydrogen-bond donors (Lipinski definition) is 1. The van der Waals surface area contributed by atoms with Gasteiger partial charge >= 0.3 is 12.0 Å². The summed E-state index contributed by atoms with van der Waals surface area (Å²) in [6, 6.07) is 5.04. The molecule has 0 unspecified atom stereocenters. The van der Waals surface area contributed by atoms with Crippen molar-refractivity contribution in [3.05, 3.63) is 58.1 Å². The number of ether oxygens (including phenoxy) is 1. The fourth-order valence-corrected chi connectivity index (χ4v) is 9.76. The number of halogens is 5. The van der Waals surface area contributed by atoms with Crippen molar-refractivity contribution in [1.82, 2.24) is 29.3 Å². The number of aromatic nitrogens is 4. The minimum Gasteiger partial charge on any atom is -0.461 e. The summed E-state index contributed by atoms with van der Waals surface area (Å²) >= 11 is 13.9. The summed E-state index contributed by atoms with van der Waals surface area (Å²) in [5.74, 6) is -1.13. The third-order valence-corrected chi connectivity index (χ3v) is 12.5. The molecular weight excluding hydrogens is 738 g/mol. The average Bonchev–Trinajstić information content (AvgIpc) is 3.93. The van der Waals surface area contributed by atoms with Crippen LogP contribution in [0.15, 0.2) is 30.6 Å². The van der Waals surface area contributed by atoms with E-state index in [1.165, 1.54) is 35.2 Å². The van der Waals surface area contributed by atoms with E-state index in [1.54, 1.807) is 11.9 Å². The molecule has 4 atom stereocenters. The molecule has 6 heterocycles. The molecule has 17 heteroatoms. The van der Waals surface area contributed by atoms with Gasteiger partial charge < -0.3 is 20.3 Å². The van der Waals surface area contributed by atoms with Gasteiger partial charge in [0.05, 0.1) is 32.9 Å². The molecule has 3 fully saturated rings. The molecule has 3 aromatic heterocycles. The molecule has 3 saturated heterocycles. The zero-order valence-corrected chi connectivity index (χ0v) is 30.4. The topological polar surface area (TPSA) is 129 Å². The molecule has 3 aliphatic rings. The number of thiophene rings is 1. The van der Waals surface area contributed by atoms with E-state index in [9.17, 15) is 18.8 Å². The summed E-state index contributed by atoms with van der Waals surface area (Å²) in [6.45, 7) is 3.51. The molecule has 52 heavy (non-hydrogen) atoms. The summed E-state index contributed by atoms with van der Waals surface area (Å²) in [5, 5.41) is 10.4. The molecule has 3 aliphatic heterocycles. The standard InChI is InChI=1S/C35H32Cl2F3N9O2S/c1-17-24(6-10-48(17)34(50)49-11-8-43-32(49)37)46(2)31-20-12-22(36)26(19-4-5-23(39)29-25(19)21(14-41)30(42)52-29)27(40)28(20)44-33(45-31)51-16-35-7-3-9-47(35)15-18(38)13-35/h4-5,8,11-12,17-18,24H,3,6-7,9-10,13,15-16,42H2,1-2H3/t17-,18-,24-,35+/m1/s1. The number of alkyl halides is 1. The highest BCUT2D eigenvalue weighted by atomic mass is 35.5. The van der Waals surface area contributed by atoms with Crippen molar-refractivity contribution in [3.8, 4) is 23.2 Å². The fourth-order valence-electron chi connectivity index (χ4n) is 8.33. The maximum Gasteiger partial charge on any atom is 0.330 e. The van der Waals surface area contributed by atoms with E-state index in [-0.39, 0.29) is 83.7 Å². The van der Waals surface area contributed by atoms with E-state index >= 15 is 4.39 Å². The second-order valence-corrected chi connectivity index (χ2v) is 15.4. The van der Waals surface area contributed by atoms with Crippen LogP contribution in [-0.2, 0) is 0 Å². The monoisotopic (exact) mass is 769 g/mol. The van der Waals surface area contributed by atoms with Gasteiger partial charge in [-0.2, -0.15) is 15.2 Å². The van der Waals surface area contributed by atoms with Gasteiger partial charge in [-0.05, 0) is 62.0 Å². The van der Waals surface area contributed by atoms with Gasteiger partial charge in [0, 0.05) is 55.3 Å². The van der Waals surface area contributed by atoms with Gasteiger partial charge in [-0.3, -0.25) is 4.90 Å². The zero-order valence-electron chi connectivity index (χ0n) is 28.0. The van der Waals surface area contributed by atoms with Crippen LogP contribution in [0.25, 0.3) is 32.1 Å². The summed E-state index contributed by atoms with van der Waals surface area (Å²) < 4.78 is 54.3. The van der Waals surface area contributed by atoms with Gasteiger partial charge in [0.2, 0.25) is 5.28 Å². The van der Waals surface area contributed by atoms with Gasteiger partial charge in [-0.25, -0.2) is 27.5 Å². The van der Waals surface area contributed by atoms with Crippen molar-refractivity contribution in [1.29, 1.82) is 5.26 Å². The van der Waals surface area contributed by atoms with Crippen molar-refractivity contribution < 1.29 is 22.7 Å². The van der Waals surface area contributed by atoms with Crippen molar-refractivity contribution in [3.63, 3.8) is 0 Å². The average molecular weight is 771 g/mol. The number of hydrogen-bond acceptors (Lipinski definition) is 10. The Balaban J connectivity index is 1.25. The molecule has 2 aromatic carbocycles. The highest BCUT2D eigenvalue weighted by molar-refractivity contribution is 7.23. The Kier molecular flexibility index (Phi) is 8.64.